The highest BCUT2D eigenvalue weighted by Gasteiger charge is 2.09. The highest BCUT2D eigenvalue weighted by Crippen LogP contribution is 2.26. The molecule has 0 unspecified atom stereocenters. The average molecular weight is 399 g/mol. The Hall–Kier alpha value is -2.71. The lowest BCUT2D eigenvalue weighted by molar-refractivity contribution is -0.113. The molecule has 8 heteroatoms. The lowest BCUT2D eigenvalue weighted by atomic mass is 10.1. The first-order valence-corrected chi connectivity index (χ1v) is 10.1. The largest absolute Gasteiger partial charge is 0.356 e. The van der Waals surface area contributed by atoms with Crippen molar-refractivity contribution in [1.82, 2.24) is 10.2 Å². The highest BCUT2D eigenvalue weighted by molar-refractivity contribution is 8.01. The third kappa shape index (κ3) is 5.90. The number of ketones is 1. The van der Waals surface area contributed by atoms with E-state index in [0.717, 1.165) is 15.0 Å². The van der Waals surface area contributed by atoms with Crippen molar-refractivity contribution in [3.8, 4) is 0 Å². The number of nitrogens with zero attached hydrogens (tertiary/aromatic N) is 2. The summed E-state index contributed by atoms with van der Waals surface area (Å²) >= 11 is 2.75. The number of nitrogens with one attached hydrogen (secondary N) is 2. The molecule has 0 aliphatic carbocycles. The zero-order valence-corrected chi connectivity index (χ0v) is 16.3. The predicted octanol–water partition coefficient (Wildman–Crippen LogP) is 4.08. The van der Waals surface area contributed by atoms with E-state index in [0.29, 0.717) is 17.8 Å². The minimum Gasteiger partial charge on any atom is -0.356 e. The summed E-state index contributed by atoms with van der Waals surface area (Å²) in [6.45, 7) is 2.19. The van der Waals surface area contributed by atoms with Crippen molar-refractivity contribution >= 4 is 45.6 Å². The summed E-state index contributed by atoms with van der Waals surface area (Å²) in [6.07, 6.45) is 0. The van der Waals surface area contributed by atoms with Gasteiger partial charge in [0.2, 0.25) is 11.0 Å². The molecule has 2 aromatic carbocycles. The second-order valence-electron chi connectivity index (χ2n) is 5.68. The number of carbonyl (C=O) groups is 2. The fraction of sp³-hybridized carbons (Fsp3) is 0.158. The summed E-state index contributed by atoms with van der Waals surface area (Å²) in [5.74, 6) is 0.0999. The number of rotatable bonds is 8. The van der Waals surface area contributed by atoms with Crippen molar-refractivity contribution in [3.63, 3.8) is 0 Å². The molecule has 0 atom stereocenters. The Morgan fingerprint density at radius 1 is 1.04 bits per heavy atom. The van der Waals surface area contributed by atoms with Crippen LogP contribution < -0.4 is 10.6 Å². The van der Waals surface area contributed by atoms with Gasteiger partial charge in [0.05, 0.1) is 5.75 Å². The average Bonchev–Trinajstić information content (AvgIpc) is 3.14. The van der Waals surface area contributed by atoms with Crippen molar-refractivity contribution in [3.05, 3.63) is 65.7 Å². The first-order chi connectivity index (χ1) is 13.1. The Labute approximate surface area is 165 Å². The summed E-state index contributed by atoms with van der Waals surface area (Å²) < 4.78 is 0.729. The Bertz CT molecular complexity index is 911. The van der Waals surface area contributed by atoms with Crippen LogP contribution in [-0.2, 0) is 11.3 Å². The summed E-state index contributed by atoms with van der Waals surface area (Å²) in [5.41, 5.74) is 2.44. The van der Waals surface area contributed by atoms with Crippen LogP contribution in [0.4, 0.5) is 10.8 Å². The van der Waals surface area contributed by atoms with Gasteiger partial charge in [0.25, 0.3) is 0 Å². The third-order valence-electron chi connectivity index (χ3n) is 3.59. The Morgan fingerprint density at radius 3 is 2.48 bits per heavy atom. The molecule has 3 aromatic rings. The molecule has 1 heterocycles. The van der Waals surface area contributed by atoms with Gasteiger partial charge in [-0.25, -0.2) is 0 Å². The molecule has 0 fully saturated rings. The molecule has 6 nitrogen and oxygen atoms in total. The molecular formula is C19H18N4O2S2. The number of amides is 1. The van der Waals surface area contributed by atoms with E-state index in [-0.39, 0.29) is 17.4 Å². The number of anilines is 2. The molecule has 0 aliphatic heterocycles. The van der Waals surface area contributed by atoms with E-state index in [1.54, 1.807) is 24.3 Å². The van der Waals surface area contributed by atoms with E-state index in [2.05, 4.69) is 20.8 Å². The van der Waals surface area contributed by atoms with Crippen LogP contribution in [0.2, 0.25) is 0 Å². The van der Waals surface area contributed by atoms with Crippen molar-refractivity contribution in [2.45, 2.75) is 17.8 Å². The fourth-order valence-electron chi connectivity index (χ4n) is 2.23. The lowest BCUT2D eigenvalue weighted by Crippen LogP contribution is -2.14. The summed E-state index contributed by atoms with van der Waals surface area (Å²) in [7, 11) is 0. The topological polar surface area (TPSA) is 84.0 Å². The van der Waals surface area contributed by atoms with Crippen LogP contribution in [0.1, 0.15) is 22.8 Å². The number of Topliss-reactive ketones (excluding diaryl/α,β-unsaturated/α-hetero) is 1. The van der Waals surface area contributed by atoms with E-state index in [1.807, 2.05) is 30.3 Å². The third-order valence-corrected chi connectivity index (χ3v) is 5.61. The van der Waals surface area contributed by atoms with Gasteiger partial charge >= 0.3 is 0 Å². The Balaban J connectivity index is 1.45. The van der Waals surface area contributed by atoms with Gasteiger partial charge in [0.15, 0.2) is 10.1 Å². The number of thioether (sulfide) groups is 1. The zero-order chi connectivity index (χ0) is 19.1. The molecule has 0 saturated heterocycles. The predicted molar refractivity (Wildman–Crippen MR) is 109 cm³/mol. The van der Waals surface area contributed by atoms with E-state index >= 15 is 0 Å². The van der Waals surface area contributed by atoms with Crippen LogP contribution in [-0.4, -0.2) is 27.6 Å². The van der Waals surface area contributed by atoms with Crippen LogP contribution in [0, 0.1) is 0 Å². The van der Waals surface area contributed by atoms with Crippen LogP contribution >= 0.6 is 23.1 Å². The maximum Gasteiger partial charge on any atom is 0.234 e. The van der Waals surface area contributed by atoms with E-state index in [9.17, 15) is 9.59 Å². The normalized spacial score (nSPS) is 10.4. The first-order valence-electron chi connectivity index (χ1n) is 8.25. The molecule has 1 amide bonds. The van der Waals surface area contributed by atoms with Gasteiger partial charge in [-0.2, -0.15) is 0 Å². The maximum atomic E-state index is 12.1. The number of carbonyl (C=O) groups excluding carboxylic acids is 2. The van der Waals surface area contributed by atoms with Gasteiger partial charge in [-0.3, -0.25) is 9.59 Å². The van der Waals surface area contributed by atoms with Crippen molar-refractivity contribution < 1.29 is 9.59 Å². The first kappa shape index (κ1) is 19.1. The van der Waals surface area contributed by atoms with Gasteiger partial charge in [0, 0.05) is 17.8 Å². The van der Waals surface area contributed by atoms with Gasteiger partial charge in [-0.15, -0.1) is 10.2 Å². The van der Waals surface area contributed by atoms with Gasteiger partial charge in [0.1, 0.15) is 0 Å². The van der Waals surface area contributed by atoms with Gasteiger partial charge < -0.3 is 10.6 Å². The molecule has 0 bridgehead atoms. The van der Waals surface area contributed by atoms with E-state index < -0.39 is 0 Å². The Kier molecular flexibility index (Phi) is 6.56. The van der Waals surface area contributed by atoms with Crippen LogP contribution in [0.5, 0.6) is 0 Å². The van der Waals surface area contributed by atoms with Crippen molar-refractivity contribution in [2.24, 2.45) is 0 Å². The van der Waals surface area contributed by atoms with Crippen LogP contribution in [0.25, 0.3) is 0 Å². The smallest absolute Gasteiger partial charge is 0.234 e. The van der Waals surface area contributed by atoms with Crippen LogP contribution in [0.3, 0.4) is 0 Å². The van der Waals surface area contributed by atoms with Crippen molar-refractivity contribution in [1.29, 1.82) is 0 Å². The number of hydrogen-bond donors (Lipinski definition) is 2. The molecule has 0 saturated carbocycles. The summed E-state index contributed by atoms with van der Waals surface area (Å²) in [6, 6.07) is 16.9. The monoisotopic (exact) mass is 398 g/mol. The minimum atomic E-state index is -0.135. The molecule has 138 valence electrons. The molecule has 3 rings (SSSR count). The zero-order valence-electron chi connectivity index (χ0n) is 14.6. The molecular weight excluding hydrogens is 380 g/mol. The number of hydrogen-bond acceptors (Lipinski definition) is 7. The van der Waals surface area contributed by atoms with Gasteiger partial charge in [-0.05, 0) is 36.8 Å². The second-order valence-corrected chi connectivity index (χ2v) is 7.88. The molecule has 0 radical (unpaired) electrons. The maximum absolute atomic E-state index is 12.1. The lowest BCUT2D eigenvalue weighted by Gasteiger charge is -2.04. The molecule has 0 aliphatic rings. The molecule has 27 heavy (non-hydrogen) atoms. The summed E-state index contributed by atoms with van der Waals surface area (Å²) in [4.78, 5) is 23.3. The quantitative estimate of drug-likeness (QED) is 0.439. The van der Waals surface area contributed by atoms with Gasteiger partial charge in [-0.1, -0.05) is 53.4 Å². The fourth-order valence-corrected chi connectivity index (χ4v) is 3.77. The van der Waals surface area contributed by atoms with Crippen LogP contribution in [0.15, 0.2) is 58.9 Å². The molecule has 2 N–H and O–H groups in total. The molecule has 1 aromatic heterocycles. The van der Waals surface area contributed by atoms with Crippen molar-refractivity contribution in [2.75, 3.05) is 16.4 Å². The minimum absolute atomic E-state index is 0.00335. The van der Waals surface area contributed by atoms with E-state index in [1.165, 1.54) is 30.0 Å². The SMILES string of the molecule is CC(=O)c1ccc(NC(=O)CSc2nnc(NCc3ccccc3)s2)cc1. The number of aromatic nitrogens is 2. The Morgan fingerprint density at radius 2 is 1.78 bits per heavy atom. The highest BCUT2D eigenvalue weighted by atomic mass is 32.2. The number of benzene rings is 2. The van der Waals surface area contributed by atoms with E-state index in [4.69, 9.17) is 0 Å². The summed E-state index contributed by atoms with van der Waals surface area (Å²) in [5, 5.41) is 14.9. The molecule has 0 spiro atoms. The second kappa shape index (κ2) is 9.29. The standard InChI is InChI=1S/C19H18N4O2S2/c1-13(24)15-7-9-16(10-8-15)21-17(25)12-26-19-23-22-18(27-19)20-11-14-5-3-2-4-6-14/h2-10H,11-12H2,1H3,(H,20,22)(H,21,25).